The van der Waals surface area contributed by atoms with E-state index in [1.165, 1.54) is 43.3 Å². The molecule has 3 N–H and O–H groups in total. The molecule has 0 bridgehead atoms. The maximum absolute atomic E-state index is 16.4. The van der Waals surface area contributed by atoms with Crippen molar-refractivity contribution in [3.05, 3.63) is 104 Å². The lowest BCUT2D eigenvalue weighted by atomic mass is 9.74. The highest BCUT2D eigenvalue weighted by Crippen LogP contribution is 2.51. The van der Waals surface area contributed by atoms with Crippen LogP contribution >= 0.6 is 23.2 Å². The van der Waals surface area contributed by atoms with Gasteiger partial charge in [-0.25, -0.2) is 4.39 Å². The van der Waals surface area contributed by atoms with Gasteiger partial charge in [0.15, 0.2) is 5.72 Å². The Kier molecular flexibility index (Phi) is 8.40. The van der Waals surface area contributed by atoms with E-state index in [1.807, 2.05) is 0 Å². The molecular weight excluding hydrogens is 584 g/mol. The number of halogens is 3. The van der Waals surface area contributed by atoms with Crippen LogP contribution in [0.1, 0.15) is 71.8 Å². The molecule has 0 aliphatic carbocycles. The monoisotopic (exact) mass is 615 g/mol. The van der Waals surface area contributed by atoms with Crippen molar-refractivity contribution in [1.82, 2.24) is 4.90 Å². The second kappa shape index (κ2) is 11.6. The van der Waals surface area contributed by atoms with Crippen molar-refractivity contribution in [2.45, 2.75) is 50.5 Å². The van der Waals surface area contributed by atoms with E-state index in [2.05, 4.69) is 0 Å². The van der Waals surface area contributed by atoms with Gasteiger partial charge < -0.3 is 20.1 Å². The zero-order chi connectivity index (χ0) is 30.4. The number of carboxylic acids is 1. The molecule has 42 heavy (non-hydrogen) atoms. The van der Waals surface area contributed by atoms with Gasteiger partial charge in [0.1, 0.15) is 5.82 Å². The van der Waals surface area contributed by atoms with Crippen molar-refractivity contribution in [3.8, 4) is 0 Å². The molecule has 0 aromatic heterocycles. The molecule has 0 radical (unpaired) electrons. The van der Waals surface area contributed by atoms with Gasteiger partial charge >= 0.3 is 5.97 Å². The van der Waals surface area contributed by atoms with Crippen LogP contribution in [0.15, 0.2) is 60.7 Å². The Morgan fingerprint density at radius 2 is 1.67 bits per heavy atom. The van der Waals surface area contributed by atoms with Crippen molar-refractivity contribution >= 4 is 35.1 Å². The standard InChI is InChI=1S/C32H32Cl2FNO6/c1-3-31(40,20-12-14-42-15-13-20)22-16-25-27(26(35)17-22)32(41,21-6-10-24(34)11-7-21)36(29(25)37)28(18(2)30(38)39)19-4-8-23(33)9-5-19/h4-11,16-18,20,28,40-41H,3,12-15H2,1-2H3,(H,38,39)/t18-,28-,31?,32?/m0/s1. The number of hydrogen-bond acceptors (Lipinski definition) is 5. The predicted molar refractivity (Wildman–Crippen MR) is 156 cm³/mol. The molecule has 2 heterocycles. The summed E-state index contributed by atoms with van der Waals surface area (Å²) in [5.74, 6) is -4.35. The van der Waals surface area contributed by atoms with E-state index < -0.39 is 41.0 Å². The summed E-state index contributed by atoms with van der Waals surface area (Å²) >= 11 is 12.2. The highest BCUT2D eigenvalue weighted by atomic mass is 35.5. The Bertz CT molecular complexity index is 1490. The normalized spacial score (nSPS) is 22.0. The first-order valence-electron chi connectivity index (χ1n) is 13.9. The topological polar surface area (TPSA) is 107 Å². The fourth-order valence-corrected chi connectivity index (χ4v) is 6.68. The van der Waals surface area contributed by atoms with Gasteiger partial charge in [0.2, 0.25) is 0 Å². The van der Waals surface area contributed by atoms with E-state index in [0.29, 0.717) is 41.7 Å². The number of rotatable bonds is 8. The average molecular weight is 617 g/mol. The molecular formula is C32H32Cl2FNO6. The van der Waals surface area contributed by atoms with E-state index in [-0.39, 0.29) is 34.6 Å². The van der Waals surface area contributed by atoms with Crippen LogP contribution in [0.3, 0.4) is 0 Å². The number of carboxylic acid groups (broad SMARTS) is 1. The molecule has 0 saturated carbocycles. The number of carbonyl (C=O) groups excluding carboxylic acids is 1. The Labute approximate surface area is 253 Å². The number of benzene rings is 3. The molecule has 1 fully saturated rings. The van der Waals surface area contributed by atoms with Crippen molar-refractivity contribution in [2.24, 2.45) is 11.8 Å². The van der Waals surface area contributed by atoms with E-state index in [0.717, 1.165) is 4.90 Å². The lowest BCUT2D eigenvalue weighted by Crippen LogP contribution is -2.49. The number of carbonyl (C=O) groups is 2. The first-order chi connectivity index (χ1) is 19.9. The van der Waals surface area contributed by atoms with Crippen molar-refractivity contribution in [2.75, 3.05) is 13.2 Å². The molecule has 222 valence electrons. The van der Waals surface area contributed by atoms with Gasteiger partial charge in [-0.3, -0.25) is 14.5 Å². The minimum Gasteiger partial charge on any atom is -0.481 e. The second-order valence-electron chi connectivity index (χ2n) is 11.0. The van der Waals surface area contributed by atoms with Crippen LogP contribution in [0, 0.1) is 17.7 Å². The summed E-state index contributed by atoms with van der Waals surface area (Å²) in [4.78, 5) is 27.8. The van der Waals surface area contributed by atoms with Crippen LogP contribution in [0.5, 0.6) is 0 Å². The number of ether oxygens (including phenoxy) is 1. The van der Waals surface area contributed by atoms with E-state index in [4.69, 9.17) is 27.9 Å². The van der Waals surface area contributed by atoms with Crippen LogP contribution in [0.25, 0.3) is 0 Å². The van der Waals surface area contributed by atoms with E-state index in [9.17, 15) is 24.9 Å². The third-order valence-corrected chi connectivity index (χ3v) is 9.28. The van der Waals surface area contributed by atoms with Crippen LogP contribution in [0.4, 0.5) is 4.39 Å². The number of fused-ring (bicyclic) bond motifs is 1. The van der Waals surface area contributed by atoms with Crippen molar-refractivity contribution in [3.63, 3.8) is 0 Å². The lowest BCUT2D eigenvalue weighted by molar-refractivity contribution is -0.147. The highest BCUT2D eigenvalue weighted by molar-refractivity contribution is 6.30. The minimum atomic E-state index is -2.41. The zero-order valence-corrected chi connectivity index (χ0v) is 24.7. The Balaban J connectivity index is 1.76. The summed E-state index contributed by atoms with van der Waals surface area (Å²) in [5, 5.41) is 35.3. The molecule has 5 rings (SSSR count). The second-order valence-corrected chi connectivity index (χ2v) is 11.9. The molecule has 3 aromatic carbocycles. The van der Waals surface area contributed by atoms with Gasteiger partial charge in [-0.1, -0.05) is 54.4 Å². The van der Waals surface area contributed by atoms with Crippen LogP contribution < -0.4 is 0 Å². The van der Waals surface area contributed by atoms with Crippen LogP contribution in [-0.2, 0) is 20.9 Å². The third-order valence-electron chi connectivity index (χ3n) is 8.77. The Morgan fingerprint density at radius 1 is 1.10 bits per heavy atom. The molecule has 10 heteroatoms. The summed E-state index contributed by atoms with van der Waals surface area (Å²) in [7, 11) is 0. The molecule has 1 amide bonds. The van der Waals surface area contributed by atoms with Gasteiger partial charge in [0.25, 0.3) is 5.91 Å². The zero-order valence-electron chi connectivity index (χ0n) is 23.2. The fourth-order valence-electron chi connectivity index (χ4n) is 6.43. The maximum Gasteiger partial charge on any atom is 0.308 e. The molecule has 2 unspecified atom stereocenters. The summed E-state index contributed by atoms with van der Waals surface area (Å²) in [6, 6.07) is 13.6. The molecule has 2 aliphatic heterocycles. The molecule has 4 atom stereocenters. The van der Waals surface area contributed by atoms with E-state index in [1.54, 1.807) is 31.2 Å². The smallest absolute Gasteiger partial charge is 0.308 e. The van der Waals surface area contributed by atoms with Crippen LogP contribution in [-0.4, -0.2) is 45.3 Å². The summed E-state index contributed by atoms with van der Waals surface area (Å²) in [6.07, 6.45) is 1.39. The molecule has 1 saturated heterocycles. The van der Waals surface area contributed by atoms with Gasteiger partial charge in [-0.05, 0) is 79.6 Å². The largest absolute Gasteiger partial charge is 0.481 e. The highest BCUT2D eigenvalue weighted by Gasteiger charge is 2.57. The van der Waals surface area contributed by atoms with Gasteiger partial charge in [-0.2, -0.15) is 0 Å². The molecule has 0 spiro atoms. The SMILES string of the molecule is CCC(O)(c1cc(F)c2c(c1)C(=O)N([C@H](c1ccc(Cl)cc1)[C@H](C)C(=O)O)C2(O)c1ccc(Cl)cc1)C1CCOCC1. The van der Waals surface area contributed by atoms with Gasteiger partial charge in [0, 0.05) is 28.8 Å². The summed E-state index contributed by atoms with van der Waals surface area (Å²) < 4.78 is 21.9. The summed E-state index contributed by atoms with van der Waals surface area (Å²) in [6.45, 7) is 4.13. The fraction of sp³-hybridized carbons (Fsp3) is 0.375. The van der Waals surface area contributed by atoms with Crippen LogP contribution in [0.2, 0.25) is 10.0 Å². The average Bonchev–Trinajstić information content (AvgIpc) is 3.21. The summed E-state index contributed by atoms with van der Waals surface area (Å²) in [5.41, 5.74) is -3.60. The van der Waals surface area contributed by atoms with Crippen molar-refractivity contribution < 1.29 is 34.0 Å². The maximum atomic E-state index is 16.4. The molecule has 3 aromatic rings. The van der Waals surface area contributed by atoms with Crippen molar-refractivity contribution in [1.29, 1.82) is 0 Å². The number of amides is 1. The van der Waals surface area contributed by atoms with Gasteiger partial charge in [0.05, 0.1) is 28.7 Å². The lowest BCUT2D eigenvalue weighted by Gasteiger charge is -2.42. The molecule has 7 nitrogen and oxygen atoms in total. The number of aliphatic hydroxyl groups is 2. The quantitative estimate of drug-likeness (QED) is 0.276. The Morgan fingerprint density at radius 3 is 2.21 bits per heavy atom. The minimum absolute atomic E-state index is 0.123. The molecule has 2 aliphatic rings. The third kappa shape index (κ3) is 4.99. The van der Waals surface area contributed by atoms with E-state index >= 15 is 4.39 Å². The van der Waals surface area contributed by atoms with Gasteiger partial charge in [-0.15, -0.1) is 0 Å². The predicted octanol–water partition coefficient (Wildman–Crippen LogP) is 6.27. The number of nitrogens with zero attached hydrogens (tertiary/aromatic N) is 1. The first kappa shape index (κ1) is 30.4. The number of hydrogen-bond donors (Lipinski definition) is 3. The number of aliphatic carboxylic acids is 1. The first-order valence-corrected chi connectivity index (χ1v) is 14.6. The Hall–Kier alpha value is -3.01.